The van der Waals surface area contributed by atoms with E-state index in [0.717, 1.165) is 22.4 Å². The van der Waals surface area contributed by atoms with Gasteiger partial charge in [-0.3, -0.25) is 32.4 Å². The Kier molecular flexibility index (Phi) is 8.59. The summed E-state index contributed by atoms with van der Waals surface area (Å²) in [6, 6.07) is 0. The van der Waals surface area contributed by atoms with E-state index in [2.05, 4.69) is 47.5 Å². The monoisotopic (exact) mass is 735 g/mol. The maximum Gasteiger partial charge on any atom is 0.389 e. The number of alkyl halides is 1. The molecule has 7 heterocycles. The highest BCUT2D eigenvalue weighted by atomic mass is 32.7. The molecule has 0 amide bonds. The van der Waals surface area contributed by atoms with Crippen molar-refractivity contribution in [3.63, 3.8) is 0 Å². The summed E-state index contributed by atoms with van der Waals surface area (Å²) in [4.78, 5) is 33.6. The van der Waals surface area contributed by atoms with Gasteiger partial charge in [0.15, 0.2) is 46.8 Å². The minimum atomic E-state index is -4.28. The lowest BCUT2D eigenvalue weighted by molar-refractivity contribution is -0.0582. The highest BCUT2D eigenvalue weighted by Crippen LogP contribution is 2.63. The van der Waals surface area contributed by atoms with Gasteiger partial charge in [0, 0.05) is 20.5 Å². The molecule has 4 aromatic heterocycles. The summed E-state index contributed by atoms with van der Waals surface area (Å²) >= 11 is 4.88. The molecule has 9 atom stereocenters. The smallest absolute Gasteiger partial charge is 0.382 e. The van der Waals surface area contributed by atoms with Gasteiger partial charge in [0.1, 0.15) is 24.6 Å². The van der Waals surface area contributed by atoms with E-state index < -0.39 is 68.8 Å². The first-order valence-electron chi connectivity index (χ1n) is 13.9. The number of H-pyrrole nitrogens is 1. The van der Waals surface area contributed by atoms with E-state index in [1.54, 1.807) is 19.0 Å². The Hall–Kier alpha value is -2.72. The number of ether oxygens (including phenoxy) is 2. The Morgan fingerprint density at radius 1 is 1.09 bits per heavy atom. The molecule has 2 bridgehead atoms. The van der Waals surface area contributed by atoms with Crippen molar-refractivity contribution in [3.8, 4) is 0 Å². The van der Waals surface area contributed by atoms with Crippen LogP contribution in [0, 0.1) is 0 Å². The molecule has 3 fully saturated rings. The third-order valence-electron chi connectivity index (χ3n) is 7.62. The Bertz CT molecular complexity index is 1980. The number of nitrogen functional groups attached to an aromatic ring is 1. The zero-order valence-electron chi connectivity index (χ0n) is 24.7. The average Bonchev–Trinajstić information content (AvgIpc) is 3.80. The van der Waals surface area contributed by atoms with E-state index in [-0.39, 0.29) is 47.1 Å². The minimum absolute atomic E-state index is 0.0164. The van der Waals surface area contributed by atoms with Crippen LogP contribution in [0.5, 0.6) is 0 Å². The maximum absolute atomic E-state index is 16.1. The lowest BCUT2D eigenvalue weighted by atomic mass is 10.1. The normalized spacial score (nSPS) is 35.0. The second-order valence-electron chi connectivity index (χ2n) is 10.9. The number of nitrogens with zero attached hydrogens (tertiary/aromatic N) is 9. The van der Waals surface area contributed by atoms with E-state index in [1.165, 1.54) is 17.2 Å². The molecule has 3 aliphatic rings. The molecule has 25 heteroatoms. The van der Waals surface area contributed by atoms with Crippen LogP contribution < -0.4 is 16.2 Å². The molecule has 0 spiro atoms. The van der Waals surface area contributed by atoms with Crippen molar-refractivity contribution in [3.05, 3.63) is 23.0 Å². The fourth-order valence-corrected chi connectivity index (χ4v) is 9.09. The quantitative estimate of drug-likeness (QED) is 0.200. The van der Waals surface area contributed by atoms with Crippen LogP contribution in [0.3, 0.4) is 0 Å². The summed E-state index contributed by atoms with van der Waals surface area (Å²) in [5, 5.41) is 7.83. The fourth-order valence-electron chi connectivity index (χ4n) is 5.40. The number of nitrogens with one attached hydrogen (secondary N) is 1. The largest absolute Gasteiger partial charge is 0.389 e. The molecule has 0 radical (unpaired) electrons. The van der Waals surface area contributed by atoms with Gasteiger partial charge in [-0.2, -0.15) is 9.67 Å². The molecule has 3 saturated heterocycles. The van der Waals surface area contributed by atoms with Crippen LogP contribution in [0.2, 0.25) is 0 Å². The van der Waals surface area contributed by atoms with E-state index in [0.29, 0.717) is 0 Å². The third-order valence-corrected chi connectivity index (χ3v) is 12.6. The second kappa shape index (κ2) is 12.3. The van der Waals surface area contributed by atoms with E-state index in [9.17, 15) is 13.9 Å². The molecule has 0 aromatic carbocycles. The number of nitrogens with two attached hydrogens (primary N) is 1. The van der Waals surface area contributed by atoms with Crippen molar-refractivity contribution in [2.24, 2.45) is 0 Å². The number of anilines is 2. The predicted octanol–water partition coefficient (Wildman–Crippen LogP) is 1.85. The Balaban J connectivity index is 1.20. The van der Waals surface area contributed by atoms with E-state index in [1.807, 2.05) is 0 Å². The molecule has 3 N–H and O–H groups in total. The van der Waals surface area contributed by atoms with E-state index in [4.69, 9.17) is 33.3 Å². The van der Waals surface area contributed by atoms with Crippen molar-refractivity contribution in [2.45, 2.75) is 49.5 Å². The lowest BCUT2D eigenvalue weighted by Crippen LogP contribution is -2.34. The maximum atomic E-state index is 16.1. The highest BCUT2D eigenvalue weighted by Gasteiger charge is 2.53. The Labute approximate surface area is 273 Å². The zero-order valence-corrected chi connectivity index (χ0v) is 28.2. The van der Waals surface area contributed by atoms with Crippen LogP contribution in [0.4, 0.5) is 16.2 Å². The number of fused-ring (bicyclic) bond motifs is 5. The Morgan fingerprint density at radius 2 is 1.89 bits per heavy atom. The predicted molar refractivity (Wildman–Crippen MR) is 167 cm³/mol. The standard InChI is InChI=1S/C22H28FN11O9P2S2/c1-32(2)22-28-18-14(19(35)29-22)27-8-33(18)20-10-4-9(40-20)5-38-44(36,46)43-15-11(6-39-45(37,42-10)47-3)41-21(12(15)23)34-17-13(30-31-34)16(24)25-7-26-17/h7-12,15,20-21H,4-6H2,1-3H3,(H,36,46)(H2,24,25,26)(H,28,29,35)/t9-,10?,11+,12?,15?,20+,21+,44?,45?/m0/s1. The first-order chi connectivity index (χ1) is 22.4. The van der Waals surface area contributed by atoms with Crippen molar-refractivity contribution in [1.82, 2.24) is 44.5 Å². The van der Waals surface area contributed by atoms with E-state index >= 15 is 4.39 Å². The minimum Gasteiger partial charge on any atom is -0.382 e. The van der Waals surface area contributed by atoms with Crippen LogP contribution in [0.25, 0.3) is 22.3 Å². The number of halogens is 1. The topological polar surface area (TPSA) is 239 Å². The van der Waals surface area contributed by atoms with Gasteiger partial charge in [-0.25, -0.2) is 28.5 Å². The van der Waals surface area contributed by atoms with Crippen LogP contribution in [0.1, 0.15) is 18.9 Å². The summed E-state index contributed by atoms with van der Waals surface area (Å²) in [5.41, 5.74) is 5.77. The SMILES string of the molecule is CSP1(=O)OC[C@H]2O[C@@H](n3nnc4c(N)ncnc43)C(F)C2OP(=O)(S)OC[C@@H]2CC(O1)[C@H](n1cnc3c(=O)[nH]c(N(C)C)nc31)O2. The molecular formula is C22H28FN11O9P2S2. The average molecular weight is 736 g/mol. The fraction of sp³-hybridized carbons (Fsp3) is 0.591. The lowest BCUT2D eigenvalue weighted by Gasteiger charge is -2.27. The van der Waals surface area contributed by atoms with Gasteiger partial charge in [0.25, 0.3) is 5.56 Å². The number of aromatic nitrogens is 9. The summed E-state index contributed by atoms with van der Waals surface area (Å²) in [5.74, 6) is 0.279. The molecule has 4 aromatic rings. The number of thiol groups is 1. The van der Waals surface area contributed by atoms with Crippen LogP contribution in [0.15, 0.2) is 17.4 Å². The third kappa shape index (κ3) is 6.06. The van der Waals surface area contributed by atoms with Crippen LogP contribution in [-0.2, 0) is 36.7 Å². The molecule has 5 unspecified atom stereocenters. The molecular weight excluding hydrogens is 707 g/mol. The first kappa shape index (κ1) is 32.8. The number of hydrogen-bond donors (Lipinski definition) is 3. The molecule has 0 aliphatic carbocycles. The molecule has 7 rings (SSSR count). The second-order valence-corrected chi connectivity index (χ2v) is 17.9. The number of hydrogen-bond acceptors (Lipinski definition) is 18. The van der Waals surface area contributed by atoms with Gasteiger partial charge in [-0.1, -0.05) is 17.5 Å². The first-order valence-corrected chi connectivity index (χ1v) is 20.0. The summed E-state index contributed by atoms with van der Waals surface area (Å²) in [7, 11) is 3.41. The zero-order chi connectivity index (χ0) is 33.2. The van der Waals surface area contributed by atoms with Gasteiger partial charge >= 0.3 is 13.6 Å². The molecule has 0 saturated carbocycles. The highest BCUT2D eigenvalue weighted by molar-refractivity contribution is 8.54. The summed E-state index contributed by atoms with van der Waals surface area (Å²) in [6.07, 6.45) is -5.10. The number of aromatic amines is 1. The Morgan fingerprint density at radius 3 is 2.66 bits per heavy atom. The molecule has 3 aliphatic heterocycles. The van der Waals surface area contributed by atoms with Gasteiger partial charge in [-0.15, -0.1) is 5.10 Å². The van der Waals surface area contributed by atoms with Crippen molar-refractivity contribution >= 4 is 71.3 Å². The van der Waals surface area contributed by atoms with Gasteiger partial charge in [0.05, 0.1) is 25.6 Å². The van der Waals surface area contributed by atoms with Crippen LogP contribution >= 0.6 is 37.2 Å². The molecule has 20 nitrogen and oxygen atoms in total. The van der Waals surface area contributed by atoms with Crippen molar-refractivity contribution < 1.29 is 41.1 Å². The summed E-state index contributed by atoms with van der Waals surface area (Å²) < 4.78 is 81.2. The molecule has 254 valence electrons. The number of imidazole rings is 1. The number of rotatable bonds is 4. The molecule has 47 heavy (non-hydrogen) atoms. The van der Waals surface area contributed by atoms with Gasteiger partial charge in [0.2, 0.25) is 5.95 Å². The van der Waals surface area contributed by atoms with Crippen molar-refractivity contribution in [2.75, 3.05) is 44.2 Å². The van der Waals surface area contributed by atoms with Crippen molar-refractivity contribution in [1.29, 1.82) is 0 Å². The summed E-state index contributed by atoms with van der Waals surface area (Å²) in [6.45, 7) is -9.17. The van der Waals surface area contributed by atoms with Gasteiger partial charge < -0.3 is 20.1 Å². The van der Waals surface area contributed by atoms with Gasteiger partial charge in [-0.05, 0) is 17.6 Å². The van der Waals surface area contributed by atoms with Crippen LogP contribution in [-0.4, -0.2) is 109 Å².